The molecule has 0 saturated carbocycles. The van der Waals surface area contributed by atoms with E-state index >= 15 is 0 Å². The molecule has 1 heterocycles. The van der Waals surface area contributed by atoms with Crippen LogP contribution in [0.15, 0.2) is 12.2 Å². The quantitative estimate of drug-likeness (QED) is 0.0457. The first-order chi connectivity index (χ1) is 22.5. The van der Waals surface area contributed by atoms with Crippen molar-refractivity contribution in [3.8, 4) is 0 Å². The Morgan fingerprint density at radius 2 is 1.37 bits per heavy atom. The largest absolute Gasteiger partial charge is 0.382 e. The molecule has 1 N–H and O–H groups in total. The van der Waals surface area contributed by atoms with Crippen molar-refractivity contribution in [3.63, 3.8) is 0 Å². The maximum absolute atomic E-state index is 13.1. The number of ether oxygens (including phenoxy) is 4. The average molecular weight is 652 g/mol. The monoisotopic (exact) mass is 652 g/mol. The van der Waals surface area contributed by atoms with Crippen LogP contribution in [-0.4, -0.2) is 63.7 Å². The van der Waals surface area contributed by atoms with Crippen molar-refractivity contribution in [2.45, 2.75) is 187 Å². The lowest BCUT2D eigenvalue weighted by molar-refractivity contribution is -0.261. The molecule has 7 nitrogen and oxygen atoms in total. The molecule has 0 aromatic rings. The number of carbonyl (C=O) groups excluding carboxylic acids is 2. The summed E-state index contributed by atoms with van der Waals surface area (Å²) in [6, 6.07) is -0.412. The molecular formula is C39H73NO6. The summed E-state index contributed by atoms with van der Waals surface area (Å²) in [6.45, 7) is 9.86. The normalized spacial score (nSPS) is 22.3. The summed E-state index contributed by atoms with van der Waals surface area (Å²) in [6.07, 6.45) is 28.7. The maximum Gasteiger partial charge on any atom is 0.220 e. The summed E-state index contributed by atoms with van der Waals surface area (Å²) in [4.78, 5) is 24.9. The van der Waals surface area contributed by atoms with Gasteiger partial charge in [-0.1, -0.05) is 116 Å². The van der Waals surface area contributed by atoms with Gasteiger partial charge in [0.05, 0.1) is 18.8 Å². The van der Waals surface area contributed by atoms with Gasteiger partial charge in [-0.3, -0.25) is 4.79 Å². The summed E-state index contributed by atoms with van der Waals surface area (Å²) in [5.41, 5.74) is 0. The molecule has 1 fully saturated rings. The van der Waals surface area contributed by atoms with Gasteiger partial charge >= 0.3 is 0 Å². The van der Waals surface area contributed by atoms with Crippen LogP contribution in [0.3, 0.4) is 0 Å². The molecule has 0 radical (unpaired) electrons. The summed E-state index contributed by atoms with van der Waals surface area (Å²) in [5, 5.41) is 3.22. The Kier molecular flexibility index (Phi) is 27.7. The van der Waals surface area contributed by atoms with Gasteiger partial charge in [-0.05, 0) is 51.9 Å². The number of methoxy groups -OCH3 is 1. The maximum atomic E-state index is 13.1. The zero-order valence-corrected chi connectivity index (χ0v) is 30.6. The highest BCUT2D eigenvalue weighted by Crippen LogP contribution is 2.30. The van der Waals surface area contributed by atoms with Crippen molar-refractivity contribution < 1.29 is 28.5 Å². The number of hydrogen-bond donors (Lipinski definition) is 1. The topological polar surface area (TPSA) is 83.1 Å². The number of allylic oxidation sites excluding steroid dienone is 2. The Morgan fingerprint density at radius 1 is 0.783 bits per heavy atom. The second-order valence-corrected chi connectivity index (χ2v) is 13.5. The van der Waals surface area contributed by atoms with Gasteiger partial charge in [0.2, 0.25) is 5.91 Å². The van der Waals surface area contributed by atoms with Crippen LogP contribution in [0.4, 0.5) is 0 Å². The van der Waals surface area contributed by atoms with Gasteiger partial charge < -0.3 is 29.1 Å². The first-order valence-corrected chi connectivity index (χ1v) is 19.3. The number of amides is 1. The van der Waals surface area contributed by atoms with E-state index in [0.717, 1.165) is 32.0 Å². The zero-order chi connectivity index (χ0) is 33.7. The van der Waals surface area contributed by atoms with Gasteiger partial charge in [0, 0.05) is 38.6 Å². The Bertz CT molecular complexity index is 746. The molecule has 6 unspecified atom stereocenters. The van der Waals surface area contributed by atoms with Crippen molar-refractivity contribution >= 4 is 12.2 Å². The second kappa shape index (κ2) is 29.8. The van der Waals surface area contributed by atoms with Gasteiger partial charge in [-0.25, -0.2) is 0 Å². The predicted molar refractivity (Wildman–Crippen MR) is 190 cm³/mol. The third-order valence-corrected chi connectivity index (χ3v) is 9.39. The smallest absolute Gasteiger partial charge is 0.220 e. The molecular weight excluding hydrogens is 578 g/mol. The van der Waals surface area contributed by atoms with E-state index in [-0.39, 0.29) is 30.0 Å². The van der Waals surface area contributed by atoms with Gasteiger partial charge in [0.15, 0.2) is 6.29 Å². The predicted octanol–water partition coefficient (Wildman–Crippen LogP) is 9.50. The van der Waals surface area contributed by atoms with Crippen LogP contribution in [0.1, 0.15) is 163 Å². The number of unbranched alkanes of at least 4 members (excludes halogenated alkanes) is 15. The Labute approximate surface area is 283 Å². The Hall–Kier alpha value is -1.28. The molecule has 1 saturated heterocycles. The third-order valence-electron chi connectivity index (χ3n) is 9.39. The first-order valence-electron chi connectivity index (χ1n) is 19.3. The van der Waals surface area contributed by atoms with Crippen LogP contribution in [0.25, 0.3) is 0 Å². The average Bonchev–Trinajstić information content (AvgIpc) is 3.05. The standard InChI is InChI=1S/C39H73NO6/c1-6-9-11-13-14-15-16-17-18-19-20-21-22-24-26-28-36(42)40-37-38(33(4)35(32-43-5)46-39(37)44-8-3)45-30-29-34(31-41)27-25-23-12-10-7-2/h15-16,31,33-35,37-39H,6-14,17-30,32H2,1-5H3,(H,40,42)/b16-15-. The lowest BCUT2D eigenvalue weighted by atomic mass is 9.88. The fourth-order valence-corrected chi connectivity index (χ4v) is 6.40. The van der Waals surface area contributed by atoms with Crippen LogP contribution in [0.2, 0.25) is 0 Å². The number of hydrogen-bond acceptors (Lipinski definition) is 6. The zero-order valence-electron chi connectivity index (χ0n) is 30.6. The van der Waals surface area contributed by atoms with E-state index in [1.54, 1.807) is 7.11 Å². The minimum atomic E-state index is -0.605. The van der Waals surface area contributed by atoms with Gasteiger partial charge in [-0.15, -0.1) is 0 Å². The van der Waals surface area contributed by atoms with Crippen LogP contribution in [0.5, 0.6) is 0 Å². The molecule has 0 spiro atoms. The summed E-state index contributed by atoms with van der Waals surface area (Å²) >= 11 is 0. The molecule has 1 aliphatic rings. The fraction of sp³-hybridized carbons (Fsp3) is 0.897. The van der Waals surface area contributed by atoms with E-state index in [1.165, 1.54) is 96.3 Å². The number of rotatable bonds is 31. The van der Waals surface area contributed by atoms with Crippen LogP contribution < -0.4 is 5.32 Å². The third kappa shape index (κ3) is 20.2. The summed E-state index contributed by atoms with van der Waals surface area (Å²) in [5.74, 6) is 0.0137. The first kappa shape index (κ1) is 42.7. The number of aldehydes is 1. The van der Waals surface area contributed by atoms with Crippen molar-refractivity contribution in [1.82, 2.24) is 5.32 Å². The Morgan fingerprint density at radius 3 is 1.98 bits per heavy atom. The highest BCUT2D eigenvalue weighted by molar-refractivity contribution is 5.76. The molecule has 270 valence electrons. The minimum absolute atomic E-state index is 0.00391. The van der Waals surface area contributed by atoms with Crippen molar-refractivity contribution in [1.29, 1.82) is 0 Å². The highest BCUT2D eigenvalue weighted by Gasteiger charge is 2.45. The van der Waals surface area contributed by atoms with Gasteiger partial charge in [0.25, 0.3) is 0 Å². The van der Waals surface area contributed by atoms with E-state index < -0.39 is 12.3 Å². The van der Waals surface area contributed by atoms with E-state index in [4.69, 9.17) is 18.9 Å². The molecule has 0 bridgehead atoms. The molecule has 0 aromatic carbocycles. The van der Waals surface area contributed by atoms with Gasteiger partial charge in [-0.2, -0.15) is 0 Å². The van der Waals surface area contributed by atoms with Gasteiger partial charge in [0.1, 0.15) is 12.3 Å². The molecule has 0 aliphatic carbocycles. The molecule has 1 amide bonds. The highest BCUT2D eigenvalue weighted by atomic mass is 16.7. The van der Waals surface area contributed by atoms with E-state index in [1.807, 2.05) is 6.92 Å². The molecule has 1 rings (SSSR count). The van der Waals surface area contributed by atoms with Crippen molar-refractivity contribution in [2.75, 3.05) is 26.9 Å². The molecule has 1 aliphatic heterocycles. The molecule has 0 aromatic heterocycles. The van der Waals surface area contributed by atoms with Crippen LogP contribution in [0, 0.1) is 11.8 Å². The number of carbonyl (C=O) groups is 2. The van der Waals surface area contributed by atoms with E-state index in [9.17, 15) is 9.59 Å². The molecule has 7 heteroatoms. The van der Waals surface area contributed by atoms with E-state index in [0.29, 0.717) is 32.7 Å². The lowest BCUT2D eigenvalue weighted by Gasteiger charge is -2.45. The van der Waals surface area contributed by atoms with Crippen LogP contribution >= 0.6 is 0 Å². The second-order valence-electron chi connectivity index (χ2n) is 13.5. The molecule has 6 atom stereocenters. The summed E-state index contributed by atoms with van der Waals surface area (Å²) < 4.78 is 24.2. The molecule has 46 heavy (non-hydrogen) atoms. The Balaban J connectivity index is 2.48. The van der Waals surface area contributed by atoms with E-state index in [2.05, 4.69) is 38.2 Å². The van der Waals surface area contributed by atoms with Crippen LogP contribution in [-0.2, 0) is 28.5 Å². The lowest BCUT2D eigenvalue weighted by Crippen LogP contribution is -2.62. The SMILES string of the molecule is CCCCCC/C=C\CCCCCCCCCC(=O)NC1C(OCC)OC(COC)C(C)C1OCCC(C=O)CCCCCCC. The van der Waals surface area contributed by atoms with Crippen molar-refractivity contribution in [2.24, 2.45) is 11.8 Å². The van der Waals surface area contributed by atoms with Crippen molar-refractivity contribution in [3.05, 3.63) is 12.2 Å². The fourth-order valence-electron chi connectivity index (χ4n) is 6.40. The minimum Gasteiger partial charge on any atom is -0.382 e. The number of nitrogens with one attached hydrogen (secondary N) is 1. The summed E-state index contributed by atoms with van der Waals surface area (Å²) in [7, 11) is 1.67.